The molecule has 1 aromatic carbocycles. The number of aryl methyl sites for hydroxylation is 1. The molecule has 0 aliphatic carbocycles. The molecular formula is C17H20N2O2. The Morgan fingerprint density at radius 2 is 1.71 bits per heavy atom. The Balaban J connectivity index is 2.05. The number of carbonyl (C=O) groups is 2. The molecule has 0 fully saturated rings. The second kappa shape index (κ2) is 6.39. The summed E-state index contributed by atoms with van der Waals surface area (Å²) in [5.41, 5.74) is 3.17. The van der Waals surface area contributed by atoms with Gasteiger partial charge in [0.25, 0.3) is 5.91 Å². The van der Waals surface area contributed by atoms with Crippen LogP contribution in [0.1, 0.15) is 58.9 Å². The van der Waals surface area contributed by atoms with Crippen LogP contribution in [0.4, 0.5) is 0 Å². The van der Waals surface area contributed by atoms with Crippen LogP contribution < -0.4 is 5.32 Å². The van der Waals surface area contributed by atoms with E-state index in [0.29, 0.717) is 11.4 Å². The van der Waals surface area contributed by atoms with Gasteiger partial charge >= 0.3 is 0 Å². The first kappa shape index (κ1) is 15.0. The third-order valence-corrected chi connectivity index (χ3v) is 3.55. The molecular weight excluding hydrogens is 264 g/mol. The highest BCUT2D eigenvalue weighted by atomic mass is 16.2. The number of ketones is 1. The Morgan fingerprint density at radius 3 is 2.24 bits per heavy atom. The molecule has 0 aliphatic heterocycles. The van der Waals surface area contributed by atoms with Gasteiger partial charge < -0.3 is 10.3 Å². The van der Waals surface area contributed by atoms with Crippen molar-refractivity contribution < 1.29 is 9.59 Å². The minimum atomic E-state index is -0.213. The van der Waals surface area contributed by atoms with Gasteiger partial charge in [0.1, 0.15) is 5.69 Å². The van der Waals surface area contributed by atoms with Crippen molar-refractivity contribution in [2.45, 2.75) is 33.2 Å². The van der Waals surface area contributed by atoms with E-state index >= 15 is 0 Å². The molecule has 1 aromatic heterocycles. The summed E-state index contributed by atoms with van der Waals surface area (Å²) in [4.78, 5) is 26.2. The highest BCUT2D eigenvalue weighted by Gasteiger charge is 2.14. The van der Waals surface area contributed by atoms with E-state index in [1.54, 1.807) is 12.1 Å². The lowest BCUT2D eigenvalue weighted by atomic mass is 10.0. The van der Waals surface area contributed by atoms with Crippen LogP contribution in [-0.4, -0.2) is 16.7 Å². The summed E-state index contributed by atoms with van der Waals surface area (Å²) in [6.45, 7) is 5.51. The number of hydrogen-bond donors (Lipinski definition) is 2. The zero-order valence-corrected chi connectivity index (χ0v) is 12.6. The van der Waals surface area contributed by atoms with E-state index < -0.39 is 0 Å². The zero-order chi connectivity index (χ0) is 15.4. The van der Waals surface area contributed by atoms with Crippen molar-refractivity contribution in [1.82, 2.24) is 10.3 Å². The number of nitrogens with one attached hydrogen (secondary N) is 2. The summed E-state index contributed by atoms with van der Waals surface area (Å²) < 4.78 is 0. The fourth-order valence-electron chi connectivity index (χ4n) is 2.13. The second-order valence-corrected chi connectivity index (χ2v) is 5.13. The van der Waals surface area contributed by atoms with Gasteiger partial charge in [-0.15, -0.1) is 0 Å². The SMILES string of the molecule is CCc1ccc(C(C)NC(=O)c2ccc(C(C)=O)[nH]2)cc1. The average Bonchev–Trinajstić information content (AvgIpc) is 2.97. The molecule has 0 saturated carbocycles. The monoisotopic (exact) mass is 284 g/mol. The molecule has 110 valence electrons. The largest absolute Gasteiger partial charge is 0.348 e. The van der Waals surface area contributed by atoms with E-state index in [4.69, 9.17) is 0 Å². The van der Waals surface area contributed by atoms with Crippen LogP contribution in [0.2, 0.25) is 0 Å². The van der Waals surface area contributed by atoms with Gasteiger partial charge in [0, 0.05) is 6.92 Å². The summed E-state index contributed by atoms with van der Waals surface area (Å²) in [7, 11) is 0. The molecule has 4 nitrogen and oxygen atoms in total. The predicted molar refractivity (Wildman–Crippen MR) is 82.5 cm³/mol. The number of H-pyrrole nitrogens is 1. The summed E-state index contributed by atoms with van der Waals surface area (Å²) >= 11 is 0. The molecule has 1 heterocycles. The van der Waals surface area contributed by atoms with Crippen molar-refractivity contribution >= 4 is 11.7 Å². The predicted octanol–water partition coefficient (Wildman–Crippen LogP) is 3.27. The molecule has 0 radical (unpaired) electrons. The lowest BCUT2D eigenvalue weighted by molar-refractivity contribution is 0.0935. The van der Waals surface area contributed by atoms with E-state index in [1.807, 2.05) is 19.1 Å². The molecule has 2 N–H and O–H groups in total. The molecule has 0 aliphatic rings. The number of Topliss-reactive ketones (excluding diaryl/α,β-unsaturated/α-hetero) is 1. The normalized spacial score (nSPS) is 12.0. The lowest BCUT2D eigenvalue weighted by Gasteiger charge is -2.14. The van der Waals surface area contributed by atoms with Crippen LogP contribution in [0.5, 0.6) is 0 Å². The number of amides is 1. The standard InChI is InChI=1S/C17H20N2O2/c1-4-13-5-7-14(8-6-13)11(2)18-17(21)16-10-9-15(19-16)12(3)20/h5-11,19H,4H2,1-3H3,(H,18,21). The van der Waals surface area contributed by atoms with Crippen molar-refractivity contribution in [3.8, 4) is 0 Å². The quantitative estimate of drug-likeness (QED) is 0.828. The molecule has 1 amide bonds. The van der Waals surface area contributed by atoms with Gasteiger partial charge in [0.2, 0.25) is 0 Å². The number of rotatable bonds is 5. The van der Waals surface area contributed by atoms with Gasteiger partial charge in [-0.05, 0) is 36.6 Å². The van der Waals surface area contributed by atoms with Crippen molar-refractivity contribution in [1.29, 1.82) is 0 Å². The van der Waals surface area contributed by atoms with Crippen molar-refractivity contribution in [2.24, 2.45) is 0 Å². The van der Waals surface area contributed by atoms with Crippen LogP contribution in [-0.2, 0) is 6.42 Å². The fraction of sp³-hybridized carbons (Fsp3) is 0.294. The maximum absolute atomic E-state index is 12.1. The van der Waals surface area contributed by atoms with Crippen LogP contribution >= 0.6 is 0 Å². The van der Waals surface area contributed by atoms with E-state index in [-0.39, 0.29) is 17.7 Å². The first-order valence-electron chi connectivity index (χ1n) is 7.11. The third kappa shape index (κ3) is 3.60. The molecule has 21 heavy (non-hydrogen) atoms. The summed E-state index contributed by atoms with van der Waals surface area (Å²) in [6, 6.07) is 11.4. The van der Waals surface area contributed by atoms with Crippen LogP contribution in [0.25, 0.3) is 0 Å². The fourth-order valence-corrected chi connectivity index (χ4v) is 2.13. The molecule has 0 bridgehead atoms. The third-order valence-electron chi connectivity index (χ3n) is 3.55. The van der Waals surface area contributed by atoms with E-state index in [2.05, 4.69) is 29.4 Å². The van der Waals surface area contributed by atoms with Gasteiger partial charge in [-0.25, -0.2) is 0 Å². The smallest absolute Gasteiger partial charge is 0.268 e. The highest BCUT2D eigenvalue weighted by Crippen LogP contribution is 2.14. The van der Waals surface area contributed by atoms with E-state index in [1.165, 1.54) is 12.5 Å². The van der Waals surface area contributed by atoms with Crippen LogP contribution in [0, 0.1) is 0 Å². The molecule has 1 atom stereocenters. The number of hydrogen-bond acceptors (Lipinski definition) is 2. The molecule has 4 heteroatoms. The zero-order valence-electron chi connectivity index (χ0n) is 12.6. The topological polar surface area (TPSA) is 62.0 Å². The van der Waals surface area contributed by atoms with Gasteiger partial charge in [0.05, 0.1) is 11.7 Å². The lowest BCUT2D eigenvalue weighted by Crippen LogP contribution is -2.27. The van der Waals surface area contributed by atoms with Crippen LogP contribution in [0.3, 0.4) is 0 Å². The number of benzene rings is 1. The Hall–Kier alpha value is -2.36. The molecule has 2 rings (SSSR count). The number of aromatic nitrogens is 1. The van der Waals surface area contributed by atoms with E-state index in [0.717, 1.165) is 12.0 Å². The van der Waals surface area contributed by atoms with Gasteiger partial charge in [-0.2, -0.15) is 0 Å². The summed E-state index contributed by atoms with van der Waals surface area (Å²) in [5, 5.41) is 2.92. The van der Waals surface area contributed by atoms with Gasteiger partial charge in [-0.3, -0.25) is 9.59 Å². The Bertz CT molecular complexity index is 641. The summed E-state index contributed by atoms with van der Waals surface area (Å²) in [6.07, 6.45) is 0.997. The summed E-state index contributed by atoms with van der Waals surface area (Å²) in [5.74, 6) is -0.299. The minimum Gasteiger partial charge on any atom is -0.348 e. The first-order chi connectivity index (χ1) is 10.0. The Kier molecular flexibility index (Phi) is 4.58. The average molecular weight is 284 g/mol. The molecule has 0 saturated heterocycles. The van der Waals surface area contributed by atoms with E-state index in [9.17, 15) is 9.59 Å². The molecule has 2 aromatic rings. The van der Waals surface area contributed by atoms with Crippen molar-refractivity contribution in [2.75, 3.05) is 0 Å². The molecule has 0 spiro atoms. The molecule has 1 unspecified atom stereocenters. The van der Waals surface area contributed by atoms with Gasteiger partial charge in [-0.1, -0.05) is 31.2 Å². The highest BCUT2D eigenvalue weighted by molar-refractivity contribution is 5.97. The number of carbonyl (C=O) groups excluding carboxylic acids is 2. The van der Waals surface area contributed by atoms with Crippen LogP contribution in [0.15, 0.2) is 36.4 Å². The number of aromatic amines is 1. The van der Waals surface area contributed by atoms with Gasteiger partial charge in [0.15, 0.2) is 5.78 Å². The maximum atomic E-state index is 12.1. The minimum absolute atomic E-state index is 0.0859. The Morgan fingerprint density at radius 1 is 1.10 bits per heavy atom. The van der Waals surface area contributed by atoms with Crippen molar-refractivity contribution in [3.63, 3.8) is 0 Å². The first-order valence-corrected chi connectivity index (χ1v) is 7.11. The maximum Gasteiger partial charge on any atom is 0.268 e. The Labute approximate surface area is 124 Å². The van der Waals surface area contributed by atoms with Crippen molar-refractivity contribution in [3.05, 3.63) is 58.9 Å². The second-order valence-electron chi connectivity index (χ2n) is 5.13.